The summed E-state index contributed by atoms with van der Waals surface area (Å²) >= 11 is 0. The number of benzene rings is 2. The Labute approximate surface area is 148 Å². The molecule has 2 heterocycles. The fourth-order valence-corrected chi connectivity index (χ4v) is 4.46. The molecule has 4 heteroatoms. The minimum Gasteiger partial charge on any atom is -0.302 e. The number of nitrogens with zero attached hydrogens (tertiary/aromatic N) is 2. The van der Waals surface area contributed by atoms with Crippen LogP contribution in [0.1, 0.15) is 24.0 Å². The van der Waals surface area contributed by atoms with Gasteiger partial charge in [0.1, 0.15) is 6.54 Å². The van der Waals surface area contributed by atoms with E-state index in [2.05, 4.69) is 19.2 Å². The van der Waals surface area contributed by atoms with Crippen molar-refractivity contribution in [2.45, 2.75) is 38.0 Å². The zero-order valence-electron chi connectivity index (χ0n) is 14.5. The van der Waals surface area contributed by atoms with Crippen LogP contribution in [0.3, 0.4) is 0 Å². The fraction of sp³-hybridized carbons (Fsp3) is 0.333. The van der Waals surface area contributed by atoms with Crippen molar-refractivity contribution in [1.82, 2.24) is 4.90 Å². The molecule has 0 radical (unpaired) electrons. The highest BCUT2D eigenvalue weighted by molar-refractivity contribution is 6.02. The minimum atomic E-state index is -0.119. The van der Waals surface area contributed by atoms with Gasteiger partial charge >= 0.3 is 0 Å². The van der Waals surface area contributed by atoms with Gasteiger partial charge in [-0.1, -0.05) is 60.7 Å². The Morgan fingerprint density at radius 2 is 1.32 bits per heavy atom. The standard InChI is InChI=1S/C21H23N2O2/c1-23(15-17-10-6-3-7-11-17)18-12-13-19(23)21(25)22(20(18)24)14-16-8-4-2-5-9-16/h2-11,18-19H,12-15H2,1H3/q+1. The van der Waals surface area contributed by atoms with Crippen molar-refractivity contribution in [2.75, 3.05) is 7.05 Å². The van der Waals surface area contributed by atoms with Gasteiger partial charge in [-0.3, -0.25) is 14.5 Å². The Morgan fingerprint density at radius 1 is 0.840 bits per heavy atom. The molecule has 25 heavy (non-hydrogen) atoms. The lowest BCUT2D eigenvalue weighted by atomic mass is 10.0. The van der Waals surface area contributed by atoms with Gasteiger partial charge in [-0.25, -0.2) is 0 Å². The van der Waals surface area contributed by atoms with Crippen molar-refractivity contribution in [2.24, 2.45) is 0 Å². The molecular weight excluding hydrogens is 312 g/mol. The van der Waals surface area contributed by atoms with Crippen molar-refractivity contribution >= 4 is 11.8 Å². The number of hydrogen-bond acceptors (Lipinski definition) is 2. The number of piperazine rings is 1. The van der Waals surface area contributed by atoms with E-state index in [0.29, 0.717) is 11.0 Å². The third kappa shape index (κ3) is 2.67. The predicted molar refractivity (Wildman–Crippen MR) is 95.1 cm³/mol. The molecular formula is C21H23N2O2+. The lowest BCUT2D eigenvalue weighted by Gasteiger charge is -2.46. The molecule has 0 aromatic heterocycles. The van der Waals surface area contributed by atoms with Crippen LogP contribution in [0.25, 0.3) is 0 Å². The number of quaternary nitrogens is 1. The fourth-order valence-electron chi connectivity index (χ4n) is 4.46. The molecule has 2 aromatic carbocycles. The number of amides is 2. The van der Waals surface area contributed by atoms with E-state index >= 15 is 0 Å². The van der Waals surface area contributed by atoms with Crippen LogP contribution in [-0.2, 0) is 22.7 Å². The summed E-state index contributed by atoms with van der Waals surface area (Å²) in [5.74, 6) is -0.0259. The molecule has 4 nitrogen and oxygen atoms in total. The second-order valence-corrected chi connectivity index (χ2v) is 7.35. The molecule has 0 spiro atoms. The molecule has 128 valence electrons. The highest BCUT2D eigenvalue weighted by Crippen LogP contribution is 2.39. The highest BCUT2D eigenvalue weighted by atomic mass is 16.2. The summed E-state index contributed by atoms with van der Waals surface area (Å²) in [5, 5.41) is 0. The quantitative estimate of drug-likeness (QED) is 0.636. The summed E-state index contributed by atoms with van der Waals surface area (Å²) in [5.41, 5.74) is 2.18. The van der Waals surface area contributed by atoms with Crippen molar-refractivity contribution in [3.63, 3.8) is 0 Å². The summed E-state index contributed by atoms with van der Waals surface area (Å²) in [6.45, 7) is 1.11. The number of carbonyl (C=O) groups excluding carboxylic acids is 2. The number of rotatable bonds is 4. The monoisotopic (exact) mass is 335 g/mol. The van der Waals surface area contributed by atoms with E-state index in [1.165, 1.54) is 10.5 Å². The van der Waals surface area contributed by atoms with E-state index < -0.39 is 0 Å². The van der Waals surface area contributed by atoms with E-state index in [4.69, 9.17) is 0 Å². The summed E-state index contributed by atoms with van der Waals surface area (Å²) < 4.78 is 0.521. The summed E-state index contributed by atoms with van der Waals surface area (Å²) in [4.78, 5) is 27.7. The molecule has 0 N–H and O–H groups in total. The second-order valence-electron chi connectivity index (χ2n) is 7.35. The van der Waals surface area contributed by atoms with Gasteiger partial charge in [-0.2, -0.15) is 0 Å². The van der Waals surface area contributed by atoms with Gasteiger partial charge in [0.2, 0.25) is 0 Å². The molecule has 2 aliphatic rings. The van der Waals surface area contributed by atoms with Gasteiger partial charge in [0.15, 0.2) is 12.1 Å². The Kier molecular flexibility index (Phi) is 3.92. The summed E-state index contributed by atoms with van der Waals surface area (Å²) in [6.07, 6.45) is 1.59. The predicted octanol–water partition coefficient (Wildman–Crippen LogP) is 2.73. The number of likely N-dealkylation sites (N-methyl/N-ethyl adjacent to an activating group) is 1. The van der Waals surface area contributed by atoms with Crippen LogP contribution in [0.2, 0.25) is 0 Å². The van der Waals surface area contributed by atoms with Crippen molar-refractivity contribution in [3.8, 4) is 0 Å². The molecule has 2 saturated heterocycles. The lowest BCUT2D eigenvalue weighted by Crippen LogP contribution is -2.68. The molecule has 2 fully saturated rings. The maximum atomic E-state index is 13.1. The van der Waals surface area contributed by atoms with E-state index in [0.717, 1.165) is 24.9 Å². The molecule has 4 rings (SSSR count). The van der Waals surface area contributed by atoms with Gasteiger partial charge in [-0.15, -0.1) is 0 Å². The van der Waals surface area contributed by atoms with Crippen molar-refractivity contribution < 1.29 is 14.1 Å². The number of fused-ring (bicyclic) bond motifs is 2. The first-order chi connectivity index (χ1) is 12.1. The first-order valence-electron chi connectivity index (χ1n) is 8.87. The molecule has 2 bridgehead atoms. The maximum absolute atomic E-state index is 13.1. The molecule has 2 unspecified atom stereocenters. The van der Waals surface area contributed by atoms with Gasteiger partial charge in [0.05, 0.1) is 13.6 Å². The normalized spacial score (nSPS) is 28.4. The Bertz CT molecular complexity index is 764. The van der Waals surface area contributed by atoms with E-state index in [9.17, 15) is 9.59 Å². The smallest absolute Gasteiger partial charge is 0.288 e. The average molecular weight is 335 g/mol. The van der Waals surface area contributed by atoms with E-state index in [-0.39, 0.29) is 23.9 Å². The van der Waals surface area contributed by atoms with Gasteiger partial charge in [-0.05, 0) is 5.56 Å². The summed E-state index contributed by atoms with van der Waals surface area (Å²) in [6, 6.07) is 19.7. The maximum Gasteiger partial charge on any atom is 0.288 e. The van der Waals surface area contributed by atoms with Crippen LogP contribution < -0.4 is 0 Å². The van der Waals surface area contributed by atoms with Crippen molar-refractivity contribution in [1.29, 1.82) is 0 Å². The number of imide groups is 1. The molecule has 2 aliphatic heterocycles. The van der Waals surface area contributed by atoms with Crippen molar-refractivity contribution in [3.05, 3.63) is 71.8 Å². The third-order valence-electron chi connectivity index (χ3n) is 5.79. The van der Waals surface area contributed by atoms with Gasteiger partial charge in [0.25, 0.3) is 11.8 Å². The third-order valence-corrected chi connectivity index (χ3v) is 5.79. The molecule has 2 aromatic rings. The zero-order valence-corrected chi connectivity index (χ0v) is 14.5. The average Bonchev–Trinajstić information content (AvgIpc) is 2.90. The van der Waals surface area contributed by atoms with E-state index in [1.807, 2.05) is 48.5 Å². The second kappa shape index (κ2) is 6.12. The Morgan fingerprint density at radius 3 is 1.84 bits per heavy atom. The lowest BCUT2D eigenvalue weighted by molar-refractivity contribution is -0.942. The van der Waals surface area contributed by atoms with E-state index in [1.54, 1.807) is 0 Å². The summed E-state index contributed by atoms with van der Waals surface area (Å²) in [7, 11) is 2.07. The van der Waals surface area contributed by atoms with Crippen LogP contribution in [0.5, 0.6) is 0 Å². The highest BCUT2D eigenvalue weighted by Gasteiger charge is 2.60. The van der Waals surface area contributed by atoms with Crippen LogP contribution >= 0.6 is 0 Å². The molecule has 0 aliphatic carbocycles. The zero-order chi connectivity index (χ0) is 17.4. The van der Waals surface area contributed by atoms with Crippen LogP contribution in [0, 0.1) is 0 Å². The first-order valence-corrected chi connectivity index (χ1v) is 8.87. The number of hydrogen-bond donors (Lipinski definition) is 0. The molecule has 0 saturated carbocycles. The van der Waals surface area contributed by atoms with Crippen LogP contribution in [0.15, 0.2) is 60.7 Å². The number of likely N-dealkylation sites (tertiary alicyclic amines) is 1. The minimum absolute atomic E-state index is 0.0129. The van der Waals surface area contributed by atoms with Gasteiger partial charge < -0.3 is 4.48 Å². The molecule has 2 atom stereocenters. The topological polar surface area (TPSA) is 37.4 Å². The van der Waals surface area contributed by atoms with Crippen LogP contribution in [0.4, 0.5) is 0 Å². The number of carbonyl (C=O) groups is 2. The van der Waals surface area contributed by atoms with Crippen LogP contribution in [-0.4, -0.2) is 40.3 Å². The largest absolute Gasteiger partial charge is 0.302 e. The van der Waals surface area contributed by atoms with Gasteiger partial charge in [0, 0.05) is 18.4 Å². The Balaban J connectivity index is 1.61. The first kappa shape index (κ1) is 16.0. The molecule has 2 amide bonds. The Hall–Kier alpha value is -2.46. The SMILES string of the molecule is C[N+]1(Cc2ccccc2)C2CCC1C(=O)N(Cc1ccccc1)C2=O.